The molecule has 0 spiro atoms. The smallest absolute Gasteiger partial charge is 0.101 e. The van der Waals surface area contributed by atoms with Gasteiger partial charge in [0.1, 0.15) is 6.07 Å². The summed E-state index contributed by atoms with van der Waals surface area (Å²) in [5.74, 6) is 0. The lowest BCUT2D eigenvalue weighted by Crippen LogP contribution is -2.35. The molecule has 1 aliphatic heterocycles. The highest BCUT2D eigenvalue weighted by Gasteiger charge is 2.18. The molecular formula is C15H21N3. The molecule has 1 heterocycles. The van der Waals surface area contributed by atoms with Gasteiger partial charge in [-0.2, -0.15) is 5.26 Å². The molecule has 1 aromatic rings. The van der Waals surface area contributed by atoms with Gasteiger partial charge in [0.2, 0.25) is 0 Å². The van der Waals surface area contributed by atoms with Crippen LogP contribution in [0.4, 0.5) is 5.69 Å². The summed E-state index contributed by atoms with van der Waals surface area (Å²) in [7, 11) is 0. The second-order valence-corrected chi connectivity index (χ2v) is 5.08. The average Bonchev–Trinajstić information content (AvgIpc) is 2.90. The van der Waals surface area contributed by atoms with Gasteiger partial charge in [-0.1, -0.05) is 12.1 Å². The van der Waals surface area contributed by atoms with Gasteiger partial charge >= 0.3 is 0 Å². The van der Waals surface area contributed by atoms with Crippen LogP contribution in [0.25, 0.3) is 0 Å². The Balaban J connectivity index is 1.99. The minimum Gasteiger partial charge on any atom is -0.382 e. The van der Waals surface area contributed by atoms with Crippen LogP contribution in [0.1, 0.15) is 30.9 Å². The molecule has 2 rings (SSSR count). The number of benzene rings is 1. The normalized spacial score (nSPS) is 17.4. The molecule has 0 aromatic heterocycles. The van der Waals surface area contributed by atoms with E-state index in [9.17, 15) is 0 Å². The molecule has 3 heteroatoms. The van der Waals surface area contributed by atoms with Gasteiger partial charge in [0.25, 0.3) is 0 Å². The van der Waals surface area contributed by atoms with Crippen molar-refractivity contribution in [3.63, 3.8) is 0 Å². The van der Waals surface area contributed by atoms with Crippen LogP contribution in [-0.2, 0) is 0 Å². The van der Waals surface area contributed by atoms with Crippen molar-refractivity contribution < 1.29 is 0 Å². The number of hydrogen-bond acceptors (Lipinski definition) is 3. The zero-order valence-electron chi connectivity index (χ0n) is 11.2. The molecule has 0 aliphatic carbocycles. The van der Waals surface area contributed by atoms with Crippen LogP contribution in [0.2, 0.25) is 0 Å². The van der Waals surface area contributed by atoms with Crippen molar-refractivity contribution in [2.45, 2.75) is 32.7 Å². The van der Waals surface area contributed by atoms with Gasteiger partial charge in [-0.3, -0.25) is 4.90 Å². The van der Waals surface area contributed by atoms with Crippen molar-refractivity contribution in [2.24, 2.45) is 0 Å². The second-order valence-electron chi connectivity index (χ2n) is 5.08. The van der Waals surface area contributed by atoms with E-state index in [4.69, 9.17) is 5.26 Å². The molecule has 3 nitrogen and oxygen atoms in total. The van der Waals surface area contributed by atoms with E-state index in [1.165, 1.54) is 25.9 Å². The highest BCUT2D eigenvalue weighted by atomic mass is 15.2. The highest BCUT2D eigenvalue weighted by Crippen LogP contribution is 2.20. The quantitative estimate of drug-likeness (QED) is 0.883. The van der Waals surface area contributed by atoms with Crippen molar-refractivity contribution in [3.8, 4) is 6.07 Å². The molecule has 1 fully saturated rings. The maximum Gasteiger partial charge on any atom is 0.101 e. The molecule has 0 radical (unpaired) electrons. The van der Waals surface area contributed by atoms with E-state index in [-0.39, 0.29) is 0 Å². The van der Waals surface area contributed by atoms with Crippen molar-refractivity contribution in [1.29, 1.82) is 5.26 Å². The first kappa shape index (κ1) is 12.9. The van der Waals surface area contributed by atoms with E-state index in [2.05, 4.69) is 23.2 Å². The lowest BCUT2D eigenvalue weighted by Gasteiger charge is -2.25. The summed E-state index contributed by atoms with van der Waals surface area (Å²) in [4.78, 5) is 2.51. The van der Waals surface area contributed by atoms with Gasteiger partial charge in [0.05, 0.1) is 11.3 Å². The van der Waals surface area contributed by atoms with Crippen LogP contribution >= 0.6 is 0 Å². The monoisotopic (exact) mass is 243 g/mol. The summed E-state index contributed by atoms with van der Waals surface area (Å²) < 4.78 is 0. The van der Waals surface area contributed by atoms with Gasteiger partial charge in [-0.05, 0) is 51.4 Å². The predicted molar refractivity (Wildman–Crippen MR) is 74.7 cm³/mol. The Morgan fingerprint density at radius 2 is 2.11 bits per heavy atom. The predicted octanol–water partition coefficient (Wildman–Crippen LogP) is 2.76. The number of rotatable bonds is 4. The summed E-state index contributed by atoms with van der Waals surface area (Å²) in [5, 5.41) is 12.6. The third kappa shape index (κ3) is 2.83. The van der Waals surface area contributed by atoms with Crippen LogP contribution < -0.4 is 5.32 Å². The molecule has 1 aromatic carbocycles. The third-order valence-corrected chi connectivity index (χ3v) is 3.73. The van der Waals surface area contributed by atoms with Crippen molar-refractivity contribution in [3.05, 3.63) is 29.3 Å². The van der Waals surface area contributed by atoms with Gasteiger partial charge < -0.3 is 5.32 Å². The van der Waals surface area contributed by atoms with E-state index in [0.29, 0.717) is 6.04 Å². The van der Waals surface area contributed by atoms with E-state index >= 15 is 0 Å². The van der Waals surface area contributed by atoms with E-state index in [0.717, 1.165) is 23.4 Å². The van der Waals surface area contributed by atoms with E-state index in [1.807, 2.05) is 25.1 Å². The molecule has 1 N–H and O–H groups in total. The maximum atomic E-state index is 9.12. The summed E-state index contributed by atoms with van der Waals surface area (Å²) in [5.41, 5.74) is 2.87. The minimum absolute atomic E-state index is 0.527. The number of likely N-dealkylation sites (tertiary alicyclic amines) is 1. The van der Waals surface area contributed by atoms with Gasteiger partial charge in [0, 0.05) is 12.6 Å². The third-order valence-electron chi connectivity index (χ3n) is 3.73. The lowest BCUT2D eigenvalue weighted by molar-refractivity contribution is 0.269. The molecule has 0 bridgehead atoms. The second kappa shape index (κ2) is 5.88. The highest BCUT2D eigenvalue weighted by molar-refractivity contribution is 5.62. The first-order valence-electron chi connectivity index (χ1n) is 6.70. The fourth-order valence-corrected chi connectivity index (χ4v) is 2.56. The SMILES string of the molecule is Cc1cccc(C#N)c1NCC(C)N1CCCC1. The van der Waals surface area contributed by atoms with E-state index in [1.54, 1.807) is 0 Å². The zero-order chi connectivity index (χ0) is 13.0. The zero-order valence-corrected chi connectivity index (χ0v) is 11.2. The average molecular weight is 243 g/mol. The van der Waals surface area contributed by atoms with Crippen LogP contribution in [0.5, 0.6) is 0 Å². The molecule has 1 unspecified atom stereocenters. The molecule has 1 aliphatic rings. The Hall–Kier alpha value is -1.53. The molecule has 0 saturated carbocycles. The number of hydrogen-bond donors (Lipinski definition) is 1. The topological polar surface area (TPSA) is 39.1 Å². The molecule has 1 atom stereocenters. The Morgan fingerprint density at radius 1 is 1.39 bits per heavy atom. The lowest BCUT2D eigenvalue weighted by atomic mass is 10.1. The summed E-state index contributed by atoms with van der Waals surface area (Å²) in [6, 6.07) is 8.63. The molecule has 18 heavy (non-hydrogen) atoms. The summed E-state index contributed by atoms with van der Waals surface area (Å²) in [6.07, 6.45) is 2.64. The summed E-state index contributed by atoms with van der Waals surface area (Å²) >= 11 is 0. The van der Waals surface area contributed by atoms with Crippen LogP contribution in [0.15, 0.2) is 18.2 Å². The largest absolute Gasteiger partial charge is 0.382 e. The minimum atomic E-state index is 0.527. The molecule has 96 valence electrons. The number of aryl methyl sites for hydroxylation is 1. The van der Waals surface area contributed by atoms with Crippen LogP contribution in [0, 0.1) is 18.3 Å². The van der Waals surface area contributed by atoms with Crippen LogP contribution in [0.3, 0.4) is 0 Å². The standard InChI is InChI=1S/C15H21N3/c1-12-6-5-7-14(10-16)15(12)17-11-13(2)18-8-3-4-9-18/h5-7,13,17H,3-4,8-9,11H2,1-2H3. The van der Waals surface area contributed by atoms with Gasteiger partial charge in [-0.15, -0.1) is 0 Å². The first-order valence-corrected chi connectivity index (χ1v) is 6.70. The maximum absolute atomic E-state index is 9.12. The van der Waals surface area contributed by atoms with Crippen LogP contribution in [-0.4, -0.2) is 30.6 Å². The Bertz CT molecular complexity index is 442. The van der Waals surface area contributed by atoms with Gasteiger partial charge in [-0.25, -0.2) is 0 Å². The molecule has 0 amide bonds. The Kier molecular flexibility index (Phi) is 4.22. The molecular weight excluding hydrogens is 222 g/mol. The number of anilines is 1. The Labute approximate surface area is 109 Å². The number of nitrogens with one attached hydrogen (secondary N) is 1. The number of nitrogens with zero attached hydrogens (tertiary/aromatic N) is 2. The molecule has 1 saturated heterocycles. The first-order chi connectivity index (χ1) is 8.72. The van der Waals surface area contributed by atoms with E-state index < -0.39 is 0 Å². The van der Waals surface area contributed by atoms with Crippen molar-refractivity contribution >= 4 is 5.69 Å². The van der Waals surface area contributed by atoms with Crippen molar-refractivity contribution in [2.75, 3.05) is 25.0 Å². The fourth-order valence-electron chi connectivity index (χ4n) is 2.56. The fraction of sp³-hybridized carbons (Fsp3) is 0.533. The Morgan fingerprint density at radius 3 is 2.78 bits per heavy atom. The summed E-state index contributed by atoms with van der Waals surface area (Å²) in [6.45, 7) is 7.62. The van der Waals surface area contributed by atoms with Gasteiger partial charge in [0.15, 0.2) is 0 Å². The number of nitriles is 1. The number of para-hydroxylation sites is 1. The van der Waals surface area contributed by atoms with Crippen molar-refractivity contribution in [1.82, 2.24) is 4.90 Å².